The van der Waals surface area contributed by atoms with Crippen molar-refractivity contribution in [3.63, 3.8) is 0 Å². The molecule has 0 saturated carbocycles. The number of rotatable bonds is 16. The number of methoxy groups -OCH3 is 4. The molecule has 22 heteroatoms. The van der Waals surface area contributed by atoms with Crippen LogP contribution in [0.25, 0.3) is 23.2 Å². The van der Waals surface area contributed by atoms with Crippen LogP contribution in [-0.2, 0) is 28.5 Å². The Morgan fingerprint density at radius 3 is 1.85 bits per heavy atom. The summed E-state index contributed by atoms with van der Waals surface area (Å²) in [6.07, 6.45) is 11.0. The van der Waals surface area contributed by atoms with Crippen LogP contribution in [0.3, 0.4) is 0 Å². The van der Waals surface area contributed by atoms with E-state index in [2.05, 4.69) is 26.5 Å². The van der Waals surface area contributed by atoms with Gasteiger partial charge in [-0.15, -0.1) is 6.42 Å². The van der Waals surface area contributed by atoms with Crippen molar-refractivity contribution < 1.29 is 55.7 Å². The topological polar surface area (TPSA) is 200 Å². The van der Waals surface area contributed by atoms with Gasteiger partial charge in [0, 0.05) is 63.8 Å². The number of terminal acetylenes is 1. The van der Waals surface area contributed by atoms with Crippen LogP contribution >= 0.6 is 0 Å². The van der Waals surface area contributed by atoms with Crippen molar-refractivity contribution >= 4 is 58.6 Å². The third-order valence-corrected chi connectivity index (χ3v) is 16.4. The molecular formula is C58H68F4N10O8. The Morgan fingerprint density at radius 2 is 1.30 bits per heavy atom. The molecule has 4 N–H and O–H groups in total. The number of halogens is 4. The number of aromatic amines is 2. The van der Waals surface area contributed by atoms with Gasteiger partial charge in [-0.2, -0.15) is 0 Å². The molecule has 0 bridgehead atoms. The largest absolute Gasteiger partial charge is 0.453 e. The van der Waals surface area contributed by atoms with Gasteiger partial charge in [-0.1, -0.05) is 24.1 Å². The molecule has 4 saturated heterocycles. The standard InChI is InChI=1S/C58H68F4N10O8/c1-8-11-43-44(64-53(63-43)48-12-9-24-70(48)55(73)50(32(2)77-4)67-57(75)79-6)20-18-37-19-21-47(72(37)38-28-41(61)52(42(62)29-38)69-26-22-35(23-27-69)34-14-16-36(59)17-15-34)39-30-45-46(31-40(39)60)66-54(65-45)49-13-10-25-71(49)56(74)51(33(3)78-5)68-58(76)80-7/h1,11,14-17,20,28-33,35,37,47-51H,9-10,12-13,18-19,21-27H2,2-7H3,(H,63,64)(H,65,66)(H,67,75)(H,68,76)/b43-11+,44-20+/t32-,33-,37+,47-,48+,49+,50+,51+/m1/s1. The molecule has 0 aliphatic carbocycles. The number of anilines is 2. The first-order valence-corrected chi connectivity index (χ1v) is 27.1. The molecule has 426 valence electrons. The van der Waals surface area contributed by atoms with E-state index in [9.17, 15) is 23.6 Å². The lowest BCUT2D eigenvalue weighted by molar-refractivity contribution is -0.138. The molecule has 5 aromatic rings. The van der Waals surface area contributed by atoms with Crippen LogP contribution in [0.15, 0.2) is 48.5 Å². The van der Waals surface area contributed by atoms with E-state index < -0.39 is 84.0 Å². The summed E-state index contributed by atoms with van der Waals surface area (Å²) >= 11 is 0. The highest BCUT2D eigenvalue weighted by Gasteiger charge is 2.42. The van der Waals surface area contributed by atoms with Gasteiger partial charge in [0.15, 0.2) is 11.6 Å². The molecule has 4 aliphatic rings. The SMILES string of the molecule is C#C/C=c1/[nH]c([C@@H]2CCCN2C(=O)[C@@H](NC(=O)OC)[C@@H](C)OC)n/c1=C/C[C@H]1CC[C@H](c2cc3nc([C@@H]4CCCN4C(=O)[C@@H](NC(=O)OC)[C@@H](C)OC)[nH]c3cc2F)N1c1cc(F)c(N2CCC(c3ccc(F)cc3)CC2)c(F)c1. The maximum absolute atomic E-state index is 16.9. The lowest BCUT2D eigenvalue weighted by Crippen LogP contribution is -2.54. The maximum atomic E-state index is 16.9. The smallest absolute Gasteiger partial charge is 0.407 e. The van der Waals surface area contributed by atoms with Crippen molar-refractivity contribution in [2.45, 2.75) is 126 Å². The average molecular weight is 1110 g/mol. The zero-order chi connectivity index (χ0) is 56.9. The van der Waals surface area contributed by atoms with Crippen LogP contribution < -0.4 is 31.1 Å². The molecule has 18 nitrogen and oxygen atoms in total. The predicted octanol–water partition coefficient (Wildman–Crippen LogP) is 7.07. The molecule has 2 aromatic heterocycles. The minimum absolute atomic E-state index is 0.0979. The Labute approximate surface area is 461 Å². The van der Waals surface area contributed by atoms with Crippen LogP contribution in [0.4, 0.5) is 38.5 Å². The number of alkyl carbamates (subject to hydrolysis) is 2. The normalized spacial score (nSPS) is 21.7. The molecule has 4 aliphatic heterocycles. The summed E-state index contributed by atoms with van der Waals surface area (Å²) in [5.74, 6) is 0.315. The van der Waals surface area contributed by atoms with Crippen molar-refractivity contribution in [1.82, 2.24) is 40.4 Å². The fraction of sp³-hybridized carbons (Fsp3) is 0.483. The number of nitrogens with zero attached hydrogens (tertiary/aromatic N) is 6. The molecule has 0 radical (unpaired) electrons. The number of fused-ring (bicyclic) bond motifs is 1. The van der Waals surface area contributed by atoms with E-state index in [4.69, 9.17) is 35.3 Å². The molecule has 6 heterocycles. The van der Waals surface area contributed by atoms with Gasteiger partial charge in [0.25, 0.3) is 0 Å². The van der Waals surface area contributed by atoms with Gasteiger partial charge in [0.2, 0.25) is 11.8 Å². The summed E-state index contributed by atoms with van der Waals surface area (Å²) in [5.41, 5.74) is 2.05. The fourth-order valence-electron chi connectivity index (χ4n) is 12.0. The summed E-state index contributed by atoms with van der Waals surface area (Å²) in [6.45, 7) is 4.83. The van der Waals surface area contributed by atoms with Gasteiger partial charge >= 0.3 is 12.2 Å². The van der Waals surface area contributed by atoms with Crippen molar-refractivity contribution in [2.24, 2.45) is 0 Å². The number of carbonyl (C=O) groups excluding carboxylic acids is 4. The zero-order valence-electron chi connectivity index (χ0n) is 45.7. The van der Waals surface area contributed by atoms with Crippen LogP contribution in [-0.4, -0.2) is 139 Å². The quantitative estimate of drug-likeness (QED) is 0.0580. The molecule has 8 atom stereocenters. The van der Waals surface area contributed by atoms with Crippen LogP contribution in [0.1, 0.15) is 118 Å². The number of piperidine rings is 1. The third kappa shape index (κ3) is 11.8. The molecular weight excluding hydrogens is 1040 g/mol. The van der Waals surface area contributed by atoms with Gasteiger partial charge < -0.3 is 59.1 Å². The first kappa shape index (κ1) is 57.1. The highest BCUT2D eigenvalue weighted by molar-refractivity contribution is 5.88. The lowest BCUT2D eigenvalue weighted by atomic mass is 9.89. The number of aromatic nitrogens is 4. The third-order valence-electron chi connectivity index (χ3n) is 16.4. The number of ether oxygens (including phenoxy) is 4. The lowest BCUT2D eigenvalue weighted by Gasteiger charge is -2.36. The Hall–Kier alpha value is -7.64. The van der Waals surface area contributed by atoms with E-state index in [1.807, 2.05) is 11.0 Å². The van der Waals surface area contributed by atoms with E-state index in [0.717, 1.165) is 5.56 Å². The maximum Gasteiger partial charge on any atom is 0.407 e. The number of imidazole rings is 2. The van der Waals surface area contributed by atoms with Crippen molar-refractivity contribution in [3.8, 4) is 12.3 Å². The van der Waals surface area contributed by atoms with E-state index in [1.54, 1.807) is 46.7 Å². The summed E-state index contributed by atoms with van der Waals surface area (Å²) in [4.78, 5) is 76.0. The zero-order valence-corrected chi connectivity index (χ0v) is 45.7. The second-order valence-electron chi connectivity index (χ2n) is 20.9. The first-order chi connectivity index (χ1) is 38.5. The van der Waals surface area contributed by atoms with Gasteiger partial charge in [-0.25, -0.2) is 37.1 Å². The van der Waals surface area contributed by atoms with Crippen molar-refractivity contribution in [2.75, 3.05) is 64.4 Å². The minimum Gasteiger partial charge on any atom is -0.453 e. The molecule has 4 fully saturated rings. The summed E-state index contributed by atoms with van der Waals surface area (Å²) in [6, 6.07) is 7.58. The van der Waals surface area contributed by atoms with E-state index in [1.165, 1.54) is 64.8 Å². The Kier molecular flexibility index (Phi) is 17.7. The Bertz CT molecular complexity index is 3230. The first-order valence-electron chi connectivity index (χ1n) is 27.1. The molecule has 3 aromatic carbocycles. The molecule has 4 amide bonds. The van der Waals surface area contributed by atoms with E-state index in [-0.39, 0.29) is 41.0 Å². The number of carbonyl (C=O) groups is 4. The van der Waals surface area contributed by atoms with Gasteiger partial charge in [-0.05, 0) is 120 Å². The highest BCUT2D eigenvalue weighted by Crippen LogP contribution is 2.45. The molecule has 9 rings (SSSR count). The summed E-state index contributed by atoms with van der Waals surface area (Å²) < 4.78 is 84.8. The van der Waals surface area contributed by atoms with Gasteiger partial charge in [-0.3, -0.25) is 9.59 Å². The molecule has 0 unspecified atom stereocenters. The van der Waals surface area contributed by atoms with Crippen LogP contribution in [0, 0.1) is 35.6 Å². The minimum atomic E-state index is -1.06. The molecule has 80 heavy (non-hydrogen) atoms. The fourth-order valence-corrected chi connectivity index (χ4v) is 12.0. The predicted molar refractivity (Wildman–Crippen MR) is 290 cm³/mol. The average Bonchev–Trinajstić information content (AvgIpc) is 4.44. The van der Waals surface area contributed by atoms with E-state index >= 15 is 13.2 Å². The summed E-state index contributed by atoms with van der Waals surface area (Å²) in [7, 11) is 5.29. The van der Waals surface area contributed by atoms with Crippen LogP contribution in [0.2, 0.25) is 0 Å². The number of H-pyrrole nitrogens is 2. The Morgan fingerprint density at radius 1 is 0.725 bits per heavy atom. The number of nitrogens with one attached hydrogen (secondary N) is 4. The van der Waals surface area contributed by atoms with Gasteiger partial charge in [0.05, 0.1) is 66.3 Å². The highest BCUT2D eigenvalue weighted by atomic mass is 19.1. The second kappa shape index (κ2) is 24.8. The molecule has 0 spiro atoms. The number of hydrogen-bond acceptors (Lipinski definition) is 12. The Balaban J connectivity index is 1.04. The number of amides is 4. The van der Waals surface area contributed by atoms with Crippen LogP contribution in [0.5, 0.6) is 0 Å². The number of benzene rings is 3. The van der Waals surface area contributed by atoms with E-state index in [0.29, 0.717) is 111 Å². The second-order valence-corrected chi connectivity index (χ2v) is 20.9. The van der Waals surface area contributed by atoms with Crippen molar-refractivity contribution in [1.29, 1.82) is 0 Å². The van der Waals surface area contributed by atoms with Gasteiger partial charge in [0.1, 0.15) is 41.1 Å². The monoisotopic (exact) mass is 1110 g/mol. The number of hydrogen-bond donors (Lipinski definition) is 4. The van der Waals surface area contributed by atoms with Crippen molar-refractivity contribution in [3.05, 3.63) is 105 Å². The summed E-state index contributed by atoms with van der Waals surface area (Å²) in [5, 5.41) is 6.16. The number of likely N-dealkylation sites (tertiary alicyclic amines) is 2.